The second kappa shape index (κ2) is 5.41. The van der Waals surface area contributed by atoms with Crippen LogP contribution in [0.1, 0.15) is 25.8 Å². The van der Waals surface area contributed by atoms with Crippen molar-refractivity contribution in [3.63, 3.8) is 0 Å². The van der Waals surface area contributed by atoms with Gasteiger partial charge in [0, 0.05) is 18.8 Å². The smallest absolute Gasteiger partial charge is 0.264 e. The molecule has 0 bridgehead atoms. The maximum Gasteiger partial charge on any atom is 0.264 e. The van der Waals surface area contributed by atoms with Crippen LogP contribution in [-0.2, 0) is 0 Å². The van der Waals surface area contributed by atoms with Crippen molar-refractivity contribution in [2.45, 2.75) is 25.8 Å². The van der Waals surface area contributed by atoms with Gasteiger partial charge in [0.2, 0.25) is 0 Å². The molecule has 0 fully saturated rings. The Labute approximate surface area is 109 Å². The van der Waals surface area contributed by atoms with Gasteiger partial charge in [0.1, 0.15) is 5.65 Å². The molecular formula is C12H15N3O2S. The molecule has 0 aliphatic rings. The number of nitrogens with one attached hydrogen (secondary N) is 1. The van der Waals surface area contributed by atoms with E-state index in [1.165, 1.54) is 4.57 Å². The Balaban J connectivity index is 2.71. The average Bonchev–Trinajstić information content (AvgIpc) is 2.37. The van der Waals surface area contributed by atoms with Crippen molar-refractivity contribution >= 4 is 23.3 Å². The zero-order valence-electron chi connectivity index (χ0n) is 10.1. The van der Waals surface area contributed by atoms with Crippen molar-refractivity contribution in [3.05, 3.63) is 33.5 Å². The normalized spacial score (nSPS) is 12.8. The van der Waals surface area contributed by atoms with E-state index in [1.54, 1.807) is 18.3 Å². The first kappa shape index (κ1) is 12.9. The van der Waals surface area contributed by atoms with Gasteiger partial charge >= 0.3 is 0 Å². The minimum Gasteiger partial charge on any atom is -0.396 e. The maximum atomic E-state index is 12.4. The van der Waals surface area contributed by atoms with Crippen molar-refractivity contribution in [1.82, 2.24) is 14.5 Å². The summed E-state index contributed by atoms with van der Waals surface area (Å²) in [6.07, 6.45) is 2.87. The van der Waals surface area contributed by atoms with E-state index in [2.05, 4.69) is 9.97 Å². The minimum atomic E-state index is -0.151. The van der Waals surface area contributed by atoms with Crippen LogP contribution >= 0.6 is 12.2 Å². The van der Waals surface area contributed by atoms with Crippen LogP contribution in [0, 0.1) is 4.77 Å². The molecule has 0 aliphatic heterocycles. The number of aromatic nitrogens is 3. The molecule has 0 aromatic carbocycles. The second-order valence-electron chi connectivity index (χ2n) is 4.08. The first-order valence-corrected chi connectivity index (χ1v) is 6.30. The summed E-state index contributed by atoms with van der Waals surface area (Å²) in [5, 5.41) is 9.57. The molecule has 2 rings (SSSR count). The van der Waals surface area contributed by atoms with Crippen LogP contribution < -0.4 is 5.56 Å². The predicted octanol–water partition coefficient (Wildman–Crippen LogP) is 1.79. The molecule has 0 unspecified atom stereocenters. The molecule has 1 atom stereocenters. The van der Waals surface area contributed by atoms with E-state index in [9.17, 15) is 4.79 Å². The third-order valence-electron chi connectivity index (χ3n) is 3.00. The standard InChI is InChI=1S/C12H15N3O2S/c1-2-8(5-7-16)15-11(17)9-4-3-6-13-10(9)14-12(15)18/h3-4,6,8,16H,2,5,7H2,1H3,(H,13,14,18)/t8-/m1/s1. The highest BCUT2D eigenvalue weighted by Crippen LogP contribution is 2.15. The minimum absolute atomic E-state index is 0.0325. The molecule has 0 amide bonds. The summed E-state index contributed by atoms with van der Waals surface area (Å²) >= 11 is 5.21. The zero-order valence-corrected chi connectivity index (χ0v) is 10.9. The number of hydrogen-bond acceptors (Lipinski definition) is 4. The lowest BCUT2D eigenvalue weighted by molar-refractivity contribution is 0.252. The highest BCUT2D eigenvalue weighted by molar-refractivity contribution is 7.71. The summed E-state index contributed by atoms with van der Waals surface area (Å²) in [7, 11) is 0. The number of pyridine rings is 1. The van der Waals surface area contributed by atoms with Crippen LogP contribution in [0.15, 0.2) is 23.1 Å². The van der Waals surface area contributed by atoms with Crippen molar-refractivity contribution in [1.29, 1.82) is 0 Å². The summed E-state index contributed by atoms with van der Waals surface area (Å²) in [4.78, 5) is 19.4. The Morgan fingerprint density at radius 2 is 2.39 bits per heavy atom. The van der Waals surface area contributed by atoms with Gasteiger partial charge < -0.3 is 10.1 Å². The van der Waals surface area contributed by atoms with Crippen molar-refractivity contribution in [2.75, 3.05) is 6.61 Å². The van der Waals surface area contributed by atoms with E-state index in [0.29, 0.717) is 22.2 Å². The third-order valence-corrected chi connectivity index (χ3v) is 3.30. The Kier molecular flexibility index (Phi) is 3.88. The van der Waals surface area contributed by atoms with Gasteiger partial charge in [-0.05, 0) is 37.2 Å². The number of aromatic amines is 1. The molecular weight excluding hydrogens is 250 g/mol. The monoisotopic (exact) mass is 265 g/mol. The number of rotatable bonds is 4. The number of nitrogens with zero attached hydrogens (tertiary/aromatic N) is 2. The van der Waals surface area contributed by atoms with Crippen molar-refractivity contribution < 1.29 is 5.11 Å². The molecule has 96 valence electrons. The van der Waals surface area contributed by atoms with Gasteiger partial charge in [-0.25, -0.2) is 4.98 Å². The van der Waals surface area contributed by atoms with E-state index in [4.69, 9.17) is 17.3 Å². The molecule has 2 heterocycles. The highest BCUT2D eigenvalue weighted by atomic mass is 32.1. The number of aliphatic hydroxyl groups excluding tert-OH is 1. The lowest BCUT2D eigenvalue weighted by Crippen LogP contribution is -2.27. The molecule has 0 saturated heterocycles. The van der Waals surface area contributed by atoms with Crippen molar-refractivity contribution in [3.8, 4) is 0 Å². The quantitative estimate of drug-likeness (QED) is 0.827. The first-order chi connectivity index (χ1) is 8.69. The van der Waals surface area contributed by atoms with Gasteiger partial charge in [0.15, 0.2) is 4.77 Å². The second-order valence-corrected chi connectivity index (χ2v) is 4.47. The predicted molar refractivity (Wildman–Crippen MR) is 72.2 cm³/mol. The lowest BCUT2D eigenvalue weighted by Gasteiger charge is -2.17. The molecule has 0 radical (unpaired) electrons. The fourth-order valence-corrected chi connectivity index (χ4v) is 2.39. The fourth-order valence-electron chi connectivity index (χ4n) is 2.06. The summed E-state index contributed by atoms with van der Waals surface area (Å²) in [6, 6.07) is 3.35. The van der Waals surface area contributed by atoms with E-state index >= 15 is 0 Å². The van der Waals surface area contributed by atoms with E-state index in [0.717, 1.165) is 6.42 Å². The van der Waals surface area contributed by atoms with Crippen molar-refractivity contribution in [2.24, 2.45) is 0 Å². The molecule has 0 saturated carbocycles. The van der Waals surface area contributed by atoms with E-state index < -0.39 is 0 Å². The molecule has 0 aliphatic carbocycles. The lowest BCUT2D eigenvalue weighted by atomic mass is 10.1. The van der Waals surface area contributed by atoms with Crippen LogP contribution in [0.3, 0.4) is 0 Å². The van der Waals surface area contributed by atoms with Gasteiger partial charge in [-0.3, -0.25) is 9.36 Å². The number of hydrogen-bond donors (Lipinski definition) is 2. The molecule has 6 heteroatoms. The van der Waals surface area contributed by atoms with Gasteiger partial charge in [-0.2, -0.15) is 0 Å². The zero-order chi connectivity index (χ0) is 13.1. The number of aliphatic hydroxyl groups is 1. The topological polar surface area (TPSA) is 70.9 Å². The molecule has 0 spiro atoms. The van der Waals surface area contributed by atoms with Gasteiger partial charge in [-0.15, -0.1) is 0 Å². The van der Waals surface area contributed by atoms with Crippen LogP contribution in [0.2, 0.25) is 0 Å². The van der Waals surface area contributed by atoms with Crippen LogP contribution in [-0.4, -0.2) is 26.2 Å². The summed E-state index contributed by atoms with van der Waals surface area (Å²) < 4.78 is 1.89. The van der Waals surface area contributed by atoms with Gasteiger partial charge in [-0.1, -0.05) is 6.92 Å². The largest absolute Gasteiger partial charge is 0.396 e. The number of H-pyrrole nitrogens is 1. The van der Waals surface area contributed by atoms with Crippen LogP contribution in [0.25, 0.3) is 11.0 Å². The Bertz CT molecular complexity index is 662. The Hall–Kier alpha value is -1.53. The number of fused-ring (bicyclic) bond motifs is 1. The van der Waals surface area contributed by atoms with E-state index in [-0.39, 0.29) is 18.2 Å². The molecule has 2 N–H and O–H groups in total. The highest BCUT2D eigenvalue weighted by Gasteiger charge is 2.14. The molecule has 2 aromatic rings. The molecule has 2 aromatic heterocycles. The SMILES string of the molecule is CC[C@H](CCO)n1c(=S)[nH]c2ncccc2c1=O. The summed E-state index contributed by atoms with van der Waals surface area (Å²) in [5.74, 6) is 0. The van der Waals surface area contributed by atoms with Crippen LogP contribution in [0.5, 0.6) is 0 Å². The Morgan fingerprint density at radius 3 is 3.06 bits per heavy atom. The summed E-state index contributed by atoms with van der Waals surface area (Å²) in [6.45, 7) is 2.00. The summed E-state index contributed by atoms with van der Waals surface area (Å²) in [5.41, 5.74) is 0.352. The van der Waals surface area contributed by atoms with Gasteiger partial charge in [0.05, 0.1) is 5.39 Å². The maximum absolute atomic E-state index is 12.4. The first-order valence-electron chi connectivity index (χ1n) is 5.89. The molecule has 18 heavy (non-hydrogen) atoms. The third kappa shape index (κ3) is 2.21. The average molecular weight is 265 g/mol. The van der Waals surface area contributed by atoms with E-state index in [1.807, 2.05) is 6.92 Å². The van der Waals surface area contributed by atoms with Gasteiger partial charge in [0.25, 0.3) is 5.56 Å². The molecule has 5 nitrogen and oxygen atoms in total. The van der Waals surface area contributed by atoms with Crippen LogP contribution in [0.4, 0.5) is 0 Å². The fraction of sp³-hybridized carbons (Fsp3) is 0.417. The Morgan fingerprint density at radius 1 is 1.61 bits per heavy atom.